The molecule has 128 valence electrons. The van der Waals surface area contributed by atoms with Crippen LogP contribution in [0.25, 0.3) is 0 Å². The second-order valence-corrected chi connectivity index (χ2v) is 6.83. The Morgan fingerprint density at radius 3 is 2.52 bits per heavy atom. The third-order valence-corrected chi connectivity index (χ3v) is 4.86. The van der Waals surface area contributed by atoms with E-state index < -0.39 is 0 Å². The molecule has 0 saturated carbocycles. The van der Waals surface area contributed by atoms with E-state index in [-0.39, 0.29) is 18.1 Å². The first-order valence-corrected chi connectivity index (χ1v) is 8.82. The summed E-state index contributed by atoms with van der Waals surface area (Å²) in [5, 5.41) is 10.3. The Morgan fingerprint density at radius 1 is 1.35 bits per heavy atom. The predicted octanol–water partition coefficient (Wildman–Crippen LogP) is 3.04. The third-order valence-electron chi connectivity index (χ3n) is 4.61. The van der Waals surface area contributed by atoms with Gasteiger partial charge in [-0.15, -0.1) is 0 Å². The van der Waals surface area contributed by atoms with Crippen molar-refractivity contribution in [2.24, 2.45) is 0 Å². The number of halogens is 1. The molecule has 0 radical (unpaired) electrons. The summed E-state index contributed by atoms with van der Waals surface area (Å²) in [4.78, 5) is 16.9. The minimum Gasteiger partial charge on any atom is -0.393 e. The average Bonchev–Trinajstić information content (AvgIpc) is 2.56. The van der Waals surface area contributed by atoms with Gasteiger partial charge in [-0.25, -0.2) is 0 Å². The second kappa shape index (κ2) is 8.67. The smallest absolute Gasteiger partial charge is 0.253 e. The number of amides is 1. The fraction of sp³-hybridized carbons (Fsp3) is 0.611. The summed E-state index contributed by atoms with van der Waals surface area (Å²) in [6.45, 7) is 4.83. The van der Waals surface area contributed by atoms with Crippen molar-refractivity contribution in [3.63, 3.8) is 0 Å². The van der Waals surface area contributed by atoms with Gasteiger partial charge >= 0.3 is 0 Å². The number of likely N-dealkylation sites (N-methyl/N-ethyl adjacent to an activating group) is 1. The van der Waals surface area contributed by atoms with Gasteiger partial charge in [0.05, 0.1) is 6.10 Å². The van der Waals surface area contributed by atoms with Crippen LogP contribution in [0.4, 0.5) is 0 Å². The Kier molecular flexibility index (Phi) is 6.88. The molecule has 1 aromatic rings. The van der Waals surface area contributed by atoms with E-state index in [0.29, 0.717) is 10.6 Å². The molecule has 4 nitrogen and oxygen atoms in total. The normalized spacial score (nSPS) is 17.9. The Balaban J connectivity index is 2.00. The van der Waals surface area contributed by atoms with Gasteiger partial charge in [0.1, 0.15) is 0 Å². The molecule has 5 heteroatoms. The molecule has 1 aliphatic heterocycles. The monoisotopic (exact) mass is 338 g/mol. The van der Waals surface area contributed by atoms with E-state index in [9.17, 15) is 9.90 Å². The lowest BCUT2D eigenvalue weighted by Crippen LogP contribution is -2.47. The maximum Gasteiger partial charge on any atom is 0.253 e. The molecule has 2 rings (SSSR count). The highest BCUT2D eigenvalue weighted by atomic mass is 35.5. The van der Waals surface area contributed by atoms with Crippen molar-refractivity contribution < 1.29 is 9.90 Å². The van der Waals surface area contributed by atoms with Crippen LogP contribution in [0.3, 0.4) is 0 Å². The number of hydrogen-bond donors (Lipinski definition) is 1. The molecule has 0 aliphatic carbocycles. The van der Waals surface area contributed by atoms with Crippen molar-refractivity contribution in [2.45, 2.75) is 44.8 Å². The van der Waals surface area contributed by atoms with Crippen molar-refractivity contribution in [3.05, 3.63) is 34.9 Å². The number of carbonyl (C=O) groups excluding carboxylic acids is 1. The topological polar surface area (TPSA) is 43.8 Å². The highest BCUT2D eigenvalue weighted by molar-refractivity contribution is 6.30. The Morgan fingerprint density at radius 2 is 1.96 bits per heavy atom. The minimum atomic E-state index is -0.163. The Bertz CT molecular complexity index is 498. The van der Waals surface area contributed by atoms with Gasteiger partial charge in [-0.3, -0.25) is 4.79 Å². The zero-order chi connectivity index (χ0) is 16.8. The third kappa shape index (κ3) is 5.20. The maximum atomic E-state index is 12.7. The van der Waals surface area contributed by atoms with Crippen LogP contribution in [0.1, 0.15) is 43.0 Å². The van der Waals surface area contributed by atoms with Gasteiger partial charge in [-0.1, -0.05) is 24.9 Å². The number of piperidine rings is 1. The molecule has 1 saturated heterocycles. The number of aliphatic hydroxyl groups is 1. The van der Waals surface area contributed by atoms with Crippen LogP contribution in [-0.4, -0.2) is 59.6 Å². The molecule has 0 bridgehead atoms. The Hall–Kier alpha value is -1.10. The van der Waals surface area contributed by atoms with Crippen LogP contribution in [-0.2, 0) is 0 Å². The summed E-state index contributed by atoms with van der Waals surface area (Å²) in [7, 11) is 1.88. The number of hydrogen-bond acceptors (Lipinski definition) is 3. The van der Waals surface area contributed by atoms with Gasteiger partial charge in [-0.05, 0) is 43.5 Å². The van der Waals surface area contributed by atoms with Gasteiger partial charge in [0.15, 0.2) is 0 Å². The molecular weight excluding hydrogens is 312 g/mol. The van der Waals surface area contributed by atoms with Gasteiger partial charge in [0, 0.05) is 43.3 Å². The lowest BCUT2D eigenvalue weighted by atomic mass is 10.0. The van der Waals surface area contributed by atoms with Crippen LogP contribution in [0.2, 0.25) is 5.02 Å². The first-order chi connectivity index (χ1) is 11.0. The summed E-state index contributed by atoms with van der Waals surface area (Å²) in [6, 6.07) is 7.26. The van der Waals surface area contributed by atoms with E-state index in [1.54, 1.807) is 24.3 Å². The lowest BCUT2D eigenvalue weighted by molar-refractivity contribution is 0.0533. The van der Waals surface area contributed by atoms with Crippen LogP contribution >= 0.6 is 11.6 Å². The number of likely N-dealkylation sites (tertiary alicyclic amines) is 1. The zero-order valence-corrected chi connectivity index (χ0v) is 14.8. The number of benzene rings is 1. The predicted molar refractivity (Wildman–Crippen MR) is 93.9 cm³/mol. The summed E-state index contributed by atoms with van der Waals surface area (Å²) in [6.07, 6.45) is 3.51. The Labute approximate surface area is 144 Å². The SMILES string of the molecule is CCC[C@@H](CN1CCC(O)CC1)N(C)C(=O)c1ccc(Cl)cc1. The zero-order valence-electron chi connectivity index (χ0n) is 14.0. The van der Waals surface area contributed by atoms with Crippen LogP contribution in [0, 0.1) is 0 Å². The van der Waals surface area contributed by atoms with Crippen LogP contribution in [0.5, 0.6) is 0 Å². The standard InChI is InChI=1S/C18H27ClN2O2/c1-3-4-16(13-21-11-9-17(22)10-12-21)20(2)18(23)14-5-7-15(19)8-6-14/h5-8,16-17,22H,3-4,9-13H2,1-2H3/t16-/m0/s1. The molecule has 1 aromatic carbocycles. The van der Waals surface area contributed by atoms with Crippen molar-refractivity contribution in [1.82, 2.24) is 9.80 Å². The fourth-order valence-electron chi connectivity index (χ4n) is 3.10. The van der Waals surface area contributed by atoms with Crippen molar-refractivity contribution in [3.8, 4) is 0 Å². The summed E-state index contributed by atoms with van der Waals surface area (Å²) in [5.74, 6) is 0.0390. The van der Waals surface area contributed by atoms with Crippen molar-refractivity contribution in [1.29, 1.82) is 0 Å². The van der Waals surface area contributed by atoms with E-state index >= 15 is 0 Å². The molecule has 1 atom stereocenters. The number of aliphatic hydroxyl groups excluding tert-OH is 1. The minimum absolute atomic E-state index is 0.0390. The largest absolute Gasteiger partial charge is 0.393 e. The molecule has 1 N–H and O–H groups in total. The lowest BCUT2D eigenvalue weighted by Gasteiger charge is -2.36. The van der Waals surface area contributed by atoms with Gasteiger partial charge in [0.25, 0.3) is 5.91 Å². The fourth-order valence-corrected chi connectivity index (χ4v) is 3.23. The van der Waals surface area contributed by atoms with Gasteiger partial charge < -0.3 is 14.9 Å². The van der Waals surface area contributed by atoms with Gasteiger partial charge in [0.2, 0.25) is 0 Å². The summed E-state index contributed by atoms with van der Waals surface area (Å²) >= 11 is 5.90. The number of rotatable bonds is 6. The molecular formula is C18H27ClN2O2. The van der Waals surface area contributed by atoms with Crippen LogP contribution in [0.15, 0.2) is 24.3 Å². The molecule has 1 fully saturated rings. The molecule has 1 amide bonds. The number of nitrogens with zero attached hydrogens (tertiary/aromatic N) is 2. The van der Waals surface area contributed by atoms with Crippen LogP contribution < -0.4 is 0 Å². The van der Waals surface area contributed by atoms with E-state index in [1.807, 2.05) is 11.9 Å². The quantitative estimate of drug-likeness (QED) is 0.867. The van der Waals surface area contributed by atoms with E-state index in [2.05, 4.69) is 11.8 Å². The molecule has 0 unspecified atom stereocenters. The number of carbonyl (C=O) groups is 1. The molecule has 1 heterocycles. The highest BCUT2D eigenvalue weighted by Gasteiger charge is 2.25. The summed E-state index contributed by atoms with van der Waals surface area (Å²) < 4.78 is 0. The highest BCUT2D eigenvalue weighted by Crippen LogP contribution is 2.17. The summed E-state index contributed by atoms with van der Waals surface area (Å²) in [5.41, 5.74) is 0.673. The average molecular weight is 339 g/mol. The maximum absolute atomic E-state index is 12.7. The van der Waals surface area contributed by atoms with Crippen molar-refractivity contribution >= 4 is 17.5 Å². The van der Waals surface area contributed by atoms with Gasteiger partial charge in [-0.2, -0.15) is 0 Å². The first kappa shape index (κ1) is 18.2. The van der Waals surface area contributed by atoms with Crippen molar-refractivity contribution in [2.75, 3.05) is 26.7 Å². The second-order valence-electron chi connectivity index (χ2n) is 6.40. The molecule has 0 aromatic heterocycles. The van der Waals surface area contributed by atoms with E-state index in [1.165, 1.54) is 0 Å². The first-order valence-electron chi connectivity index (χ1n) is 8.44. The van der Waals surface area contributed by atoms with E-state index in [4.69, 9.17) is 11.6 Å². The van der Waals surface area contributed by atoms with E-state index in [0.717, 1.165) is 45.3 Å². The molecule has 23 heavy (non-hydrogen) atoms. The molecule has 1 aliphatic rings. The molecule has 0 spiro atoms.